The van der Waals surface area contributed by atoms with E-state index < -0.39 is 30.1 Å². The minimum Gasteiger partial charge on any atom is -0.387 e. The molecule has 2 aliphatic rings. The molecule has 1 aliphatic carbocycles. The van der Waals surface area contributed by atoms with Crippen molar-refractivity contribution in [2.75, 3.05) is 12.8 Å². The lowest BCUT2D eigenvalue weighted by molar-refractivity contribution is -0.150. The number of aliphatic hydroxyl groups is 2. The fraction of sp³-hybridized carbons (Fsp3) is 0.647. The summed E-state index contributed by atoms with van der Waals surface area (Å²) in [6, 6.07) is 0.0994. The fourth-order valence-electron chi connectivity index (χ4n) is 4.07. The summed E-state index contributed by atoms with van der Waals surface area (Å²) in [6.45, 7) is 0. The van der Waals surface area contributed by atoms with Crippen molar-refractivity contribution in [1.82, 2.24) is 24.4 Å². The van der Waals surface area contributed by atoms with E-state index in [0.29, 0.717) is 0 Å². The lowest BCUT2D eigenvalue weighted by atomic mass is 9.94. The number of likely N-dealkylation sites (N-methyl/N-ethyl adjacent to an activating group) is 1. The highest BCUT2D eigenvalue weighted by atomic mass is 16.6. The molecule has 1 amide bonds. The van der Waals surface area contributed by atoms with E-state index in [0.717, 1.165) is 32.1 Å². The average Bonchev–Trinajstić information content (AvgIpc) is 3.23. The summed E-state index contributed by atoms with van der Waals surface area (Å²) in [7, 11) is 1.70. The lowest BCUT2D eigenvalue weighted by Crippen LogP contribution is -2.48. The van der Waals surface area contributed by atoms with E-state index in [-0.39, 0.29) is 29.1 Å². The molecule has 0 unspecified atom stereocenters. The van der Waals surface area contributed by atoms with Crippen LogP contribution in [0.4, 0.5) is 5.95 Å². The molecule has 11 heteroatoms. The molecule has 0 radical (unpaired) electrons. The molecule has 5 N–H and O–H groups in total. The maximum absolute atomic E-state index is 12.9. The number of hydrogen-bond donors (Lipinski definition) is 4. The molecular weight excluding hydrogens is 368 g/mol. The van der Waals surface area contributed by atoms with Gasteiger partial charge in [0.1, 0.15) is 12.2 Å². The number of aromatic amines is 1. The summed E-state index contributed by atoms with van der Waals surface area (Å²) in [6.07, 6.45) is 1.22. The van der Waals surface area contributed by atoms with Crippen molar-refractivity contribution < 1.29 is 19.7 Å². The molecular formula is C17H24N6O5. The normalized spacial score (nSPS) is 28.7. The first-order valence-corrected chi connectivity index (χ1v) is 9.39. The van der Waals surface area contributed by atoms with Gasteiger partial charge >= 0.3 is 0 Å². The van der Waals surface area contributed by atoms with Gasteiger partial charge in [-0.1, -0.05) is 19.3 Å². The number of nitrogens with one attached hydrogen (secondary N) is 1. The molecule has 0 spiro atoms. The summed E-state index contributed by atoms with van der Waals surface area (Å²) in [5.41, 5.74) is 5.19. The second-order valence-electron chi connectivity index (χ2n) is 7.44. The smallest absolute Gasteiger partial charge is 0.280 e. The van der Waals surface area contributed by atoms with Gasteiger partial charge in [-0.05, 0) is 12.8 Å². The monoisotopic (exact) mass is 392 g/mol. The van der Waals surface area contributed by atoms with Gasteiger partial charge in [-0.2, -0.15) is 4.98 Å². The van der Waals surface area contributed by atoms with Crippen LogP contribution >= 0.6 is 0 Å². The number of hydrogen-bond acceptors (Lipinski definition) is 8. The number of nitrogen functional groups attached to an aromatic ring is 1. The first-order chi connectivity index (χ1) is 13.4. The Labute approximate surface area is 160 Å². The van der Waals surface area contributed by atoms with Gasteiger partial charge in [0, 0.05) is 13.1 Å². The number of anilines is 1. The van der Waals surface area contributed by atoms with E-state index in [1.807, 2.05) is 0 Å². The zero-order chi connectivity index (χ0) is 20.0. The van der Waals surface area contributed by atoms with E-state index in [4.69, 9.17) is 10.5 Å². The molecule has 0 bridgehead atoms. The number of aromatic nitrogens is 4. The molecule has 28 heavy (non-hydrogen) atoms. The van der Waals surface area contributed by atoms with Crippen molar-refractivity contribution in [2.24, 2.45) is 0 Å². The maximum atomic E-state index is 12.9. The molecule has 1 aliphatic heterocycles. The average molecular weight is 392 g/mol. The molecule has 4 rings (SSSR count). The largest absolute Gasteiger partial charge is 0.387 e. The summed E-state index contributed by atoms with van der Waals surface area (Å²) in [4.78, 5) is 36.8. The first kappa shape index (κ1) is 18.8. The number of nitrogens with zero attached hydrogens (tertiary/aromatic N) is 4. The molecule has 2 fully saturated rings. The second kappa shape index (κ2) is 7.15. The quantitative estimate of drug-likeness (QED) is 0.523. The van der Waals surface area contributed by atoms with Crippen LogP contribution in [0.3, 0.4) is 0 Å². The Hall–Kier alpha value is -2.50. The Balaban J connectivity index is 1.60. The van der Waals surface area contributed by atoms with Gasteiger partial charge in [0.15, 0.2) is 23.5 Å². The van der Waals surface area contributed by atoms with Crippen molar-refractivity contribution in [3.63, 3.8) is 0 Å². The molecule has 2 aromatic rings. The molecule has 11 nitrogen and oxygen atoms in total. The van der Waals surface area contributed by atoms with Crippen LogP contribution in [0.25, 0.3) is 11.2 Å². The highest BCUT2D eigenvalue weighted by molar-refractivity contribution is 5.82. The van der Waals surface area contributed by atoms with Gasteiger partial charge in [0.2, 0.25) is 5.95 Å². The molecule has 1 saturated carbocycles. The van der Waals surface area contributed by atoms with Crippen molar-refractivity contribution in [2.45, 2.75) is 62.7 Å². The van der Waals surface area contributed by atoms with E-state index >= 15 is 0 Å². The molecule has 1 saturated heterocycles. The van der Waals surface area contributed by atoms with E-state index in [9.17, 15) is 19.8 Å². The Morgan fingerprint density at radius 2 is 2.04 bits per heavy atom. The maximum Gasteiger partial charge on any atom is 0.280 e. The molecule has 0 aromatic carbocycles. The highest BCUT2D eigenvalue weighted by Gasteiger charge is 2.49. The minimum atomic E-state index is -1.42. The third kappa shape index (κ3) is 3.05. The zero-order valence-corrected chi connectivity index (χ0v) is 15.5. The number of carbonyl (C=O) groups is 1. The standard InChI is InChI=1S/C17H24N6O5/c1-22(8-5-3-2-4-6-8)15(27)12-10(24)11(25)16(28-12)23-7-19-9-13(23)20-17(18)21-14(9)26/h7-8,10-12,16,24-25H,2-6H2,1H3,(H3,18,20,21,26)/t10-,11+,12-,16+/m0/s1. The topological polar surface area (TPSA) is 160 Å². The number of imidazole rings is 1. The van der Waals surface area contributed by atoms with Crippen LogP contribution in [-0.4, -0.2) is 71.9 Å². The molecule has 2 aromatic heterocycles. The Morgan fingerprint density at radius 3 is 2.75 bits per heavy atom. The highest BCUT2D eigenvalue weighted by Crippen LogP contribution is 2.33. The van der Waals surface area contributed by atoms with Crippen LogP contribution in [0.15, 0.2) is 11.1 Å². The van der Waals surface area contributed by atoms with Crippen molar-refractivity contribution >= 4 is 23.0 Å². The lowest BCUT2D eigenvalue weighted by Gasteiger charge is -2.33. The third-order valence-electron chi connectivity index (χ3n) is 5.68. The van der Waals surface area contributed by atoms with E-state index in [1.165, 1.54) is 10.9 Å². The summed E-state index contributed by atoms with van der Waals surface area (Å²) >= 11 is 0. The van der Waals surface area contributed by atoms with Crippen LogP contribution in [-0.2, 0) is 9.53 Å². The number of amides is 1. The van der Waals surface area contributed by atoms with Crippen molar-refractivity contribution in [3.05, 3.63) is 16.7 Å². The number of nitrogens with two attached hydrogens (primary N) is 1. The Kier molecular flexibility index (Phi) is 4.81. The van der Waals surface area contributed by atoms with E-state index in [2.05, 4.69) is 15.0 Å². The summed E-state index contributed by atoms with van der Waals surface area (Å²) < 4.78 is 7.04. The molecule has 152 valence electrons. The van der Waals surface area contributed by atoms with Gasteiger partial charge in [-0.25, -0.2) is 4.98 Å². The summed E-state index contributed by atoms with van der Waals surface area (Å²) in [5.74, 6) is -0.493. The van der Waals surface area contributed by atoms with Gasteiger partial charge in [-0.15, -0.1) is 0 Å². The zero-order valence-electron chi connectivity index (χ0n) is 15.5. The number of fused-ring (bicyclic) bond motifs is 1. The van der Waals surface area contributed by atoms with Gasteiger partial charge in [0.25, 0.3) is 11.5 Å². The SMILES string of the molecule is CN(C(=O)[C@H]1O[C@@H](n2cnc3c(=O)[nH]c(N)nc32)[C@H](O)[C@@H]1O)C1CCCCC1. The van der Waals surface area contributed by atoms with E-state index in [1.54, 1.807) is 11.9 Å². The van der Waals surface area contributed by atoms with Crippen LogP contribution in [0.1, 0.15) is 38.3 Å². The third-order valence-corrected chi connectivity index (χ3v) is 5.68. The molecule has 4 atom stereocenters. The van der Waals surface area contributed by atoms with Crippen LogP contribution in [0, 0.1) is 0 Å². The summed E-state index contributed by atoms with van der Waals surface area (Å²) in [5, 5.41) is 21.0. The number of H-pyrrole nitrogens is 1. The first-order valence-electron chi connectivity index (χ1n) is 9.39. The number of rotatable bonds is 3. The Bertz CT molecular complexity index is 936. The van der Waals surface area contributed by atoms with Gasteiger partial charge in [-0.3, -0.25) is 19.1 Å². The van der Waals surface area contributed by atoms with Crippen LogP contribution in [0.2, 0.25) is 0 Å². The van der Waals surface area contributed by atoms with Gasteiger partial charge < -0.3 is 25.6 Å². The second-order valence-corrected chi connectivity index (χ2v) is 7.44. The van der Waals surface area contributed by atoms with Crippen LogP contribution in [0.5, 0.6) is 0 Å². The molecule has 3 heterocycles. The Morgan fingerprint density at radius 1 is 1.32 bits per heavy atom. The number of carbonyl (C=O) groups excluding carboxylic acids is 1. The minimum absolute atomic E-state index is 0.0218. The predicted molar refractivity (Wildman–Crippen MR) is 98.1 cm³/mol. The number of ether oxygens (including phenoxy) is 1. The van der Waals surface area contributed by atoms with Crippen LogP contribution < -0.4 is 11.3 Å². The van der Waals surface area contributed by atoms with Crippen molar-refractivity contribution in [1.29, 1.82) is 0 Å². The van der Waals surface area contributed by atoms with Gasteiger partial charge in [0.05, 0.1) is 6.33 Å². The fourth-order valence-corrected chi connectivity index (χ4v) is 4.07. The predicted octanol–water partition coefficient (Wildman–Crippen LogP) is -0.888. The number of aliphatic hydroxyl groups excluding tert-OH is 2. The van der Waals surface area contributed by atoms with Crippen molar-refractivity contribution in [3.8, 4) is 0 Å².